The van der Waals surface area contributed by atoms with Gasteiger partial charge >= 0.3 is 0 Å². The van der Waals surface area contributed by atoms with Crippen LogP contribution in [0.25, 0.3) is 11.5 Å². The maximum atomic E-state index is 12.6. The fourth-order valence-electron chi connectivity index (χ4n) is 2.62. The van der Waals surface area contributed by atoms with Crippen LogP contribution in [0.2, 0.25) is 0 Å². The van der Waals surface area contributed by atoms with Gasteiger partial charge in [-0.05, 0) is 71.5 Å². The SMILES string of the molecule is Cc1oc(-c2ccc(NC(=O)c3cccc(CNCCS(=O)O)c3)cc2)nc1I. The van der Waals surface area contributed by atoms with E-state index in [1.54, 1.807) is 24.3 Å². The molecule has 3 N–H and O–H groups in total. The molecule has 1 heterocycles. The predicted octanol–water partition coefficient (Wildman–Crippen LogP) is 3.82. The van der Waals surface area contributed by atoms with Crippen molar-refractivity contribution in [2.24, 2.45) is 0 Å². The molecule has 0 bridgehead atoms. The molecule has 1 amide bonds. The summed E-state index contributed by atoms with van der Waals surface area (Å²) in [6.45, 7) is 2.81. The van der Waals surface area contributed by atoms with Crippen molar-refractivity contribution in [3.63, 3.8) is 0 Å². The standard InChI is InChI=1S/C20H20IN3O4S/c1-13-18(21)24-20(28-13)15-5-7-17(8-6-15)23-19(25)16-4-2-3-14(11-16)12-22-9-10-29(26)27/h2-8,11,22H,9-10,12H2,1H3,(H,23,25)(H,26,27). The number of oxazole rings is 1. The number of nitrogens with zero attached hydrogens (tertiary/aromatic N) is 1. The van der Waals surface area contributed by atoms with Gasteiger partial charge in [-0.15, -0.1) is 0 Å². The number of carbonyl (C=O) groups excluding carboxylic acids is 1. The Morgan fingerprint density at radius 3 is 2.66 bits per heavy atom. The lowest BCUT2D eigenvalue weighted by atomic mass is 10.1. The fraction of sp³-hybridized carbons (Fsp3) is 0.200. The maximum absolute atomic E-state index is 12.6. The van der Waals surface area contributed by atoms with Crippen LogP contribution in [-0.4, -0.2) is 32.0 Å². The number of halogens is 1. The molecule has 0 saturated carbocycles. The highest BCUT2D eigenvalue weighted by molar-refractivity contribution is 14.1. The van der Waals surface area contributed by atoms with Gasteiger partial charge in [-0.2, -0.15) is 0 Å². The zero-order valence-electron chi connectivity index (χ0n) is 15.6. The Morgan fingerprint density at radius 2 is 2.00 bits per heavy atom. The van der Waals surface area contributed by atoms with Crippen molar-refractivity contribution in [3.8, 4) is 11.5 Å². The lowest BCUT2D eigenvalue weighted by molar-refractivity contribution is 0.102. The van der Waals surface area contributed by atoms with Gasteiger partial charge in [-0.3, -0.25) is 4.79 Å². The molecule has 1 unspecified atom stereocenters. The van der Waals surface area contributed by atoms with Crippen molar-refractivity contribution >= 4 is 45.3 Å². The molecule has 3 aromatic rings. The summed E-state index contributed by atoms with van der Waals surface area (Å²) in [6.07, 6.45) is 0. The van der Waals surface area contributed by atoms with E-state index in [4.69, 9.17) is 8.97 Å². The number of benzene rings is 2. The third-order valence-corrected chi connectivity index (χ3v) is 5.66. The molecular weight excluding hydrogens is 505 g/mol. The lowest BCUT2D eigenvalue weighted by Gasteiger charge is -2.08. The van der Waals surface area contributed by atoms with Gasteiger partial charge in [0.25, 0.3) is 5.91 Å². The van der Waals surface area contributed by atoms with Crippen LogP contribution in [0, 0.1) is 10.6 Å². The minimum atomic E-state index is -1.81. The quantitative estimate of drug-likeness (QED) is 0.235. The third kappa shape index (κ3) is 6.20. The van der Waals surface area contributed by atoms with Gasteiger partial charge in [0.2, 0.25) is 5.89 Å². The van der Waals surface area contributed by atoms with Crippen molar-refractivity contribution in [2.45, 2.75) is 13.5 Å². The Hall–Kier alpha value is -2.08. The van der Waals surface area contributed by atoms with Crippen LogP contribution >= 0.6 is 22.6 Å². The largest absolute Gasteiger partial charge is 0.440 e. The van der Waals surface area contributed by atoms with E-state index < -0.39 is 11.1 Å². The Morgan fingerprint density at radius 1 is 1.24 bits per heavy atom. The molecule has 1 aromatic heterocycles. The first-order valence-corrected chi connectivity index (χ1v) is 11.2. The molecule has 1 atom stereocenters. The molecule has 0 saturated heterocycles. The fourth-order valence-corrected chi connectivity index (χ4v) is 3.26. The minimum Gasteiger partial charge on any atom is -0.440 e. The van der Waals surface area contributed by atoms with E-state index in [9.17, 15) is 9.00 Å². The van der Waals surface area contributed by atoms with Crippen molar-refractivity contribution in [2.75, 3.05) is 17.6 Å². The summed E-state index contributed by atoms with van der Waals surface area (Å²) in [5.41, 5.74) is 2.97. The second kappa shape index (κ2) is 10.1. The molecule has 2 aromatic carbocycles. The van der Waals surface area contributed by atoms with E-state index >= 15 is 0 Å². The Bertz CT molecular complexity index is 1000. The minimum absolute atomic E-state index is 0.169. The second-order valence-corrected chi connectivity index (χ2v) is 8.37. The second-order valence-electron chi connectivity index (χ2n) is 6.30. The highest BCUT2D eigenvalue weighted by atomic mass is 127. The number of aryl methyl sites for hydroxylation is 1. The molecule has 7 nitrogen and oxygen atoms in total. The smallest absolute Gasteiger partial charge is 0.255 e. The summed E-state index contributed by atoms with van der Waals surface area (Å²) in [7, 11) is 0. The third-order valence-electron chi connectivity index (χ3n) is 4.10. The van der Waals surface area contributed by atoms with Crippen LogP contribution in [0.15, 0.2) is 52.9 Å². The van der Waals surface area contributed by atoms with Crippen molar-refractivity contribution < 1.29 is 18.0 Å². The molecule has 0 aliphatic rings. The number of rotatable bonds is 8. The average molecular weight is 525 g/mol. The molecule has 29 heavy (non-hydrogen) atoms. The van der Waals surface area contributed by atoms with Gasteiger partial charge in [-0.1, -0.05) is 12.1 Å². The number of hydrogen-bond acceptors (Lipinski definition) is 5. The first kappa shape index (κ1) is 21.6. The van der Waals surface area contributed by atoms with Crippen LogP contribution in [0.4, 0.5) is 5.69 Å². The summed E-state index contributed by atoms with van der Waals surface area (Å²) >= 11 is 0.317. The predicted molar refractivity (Wildman–Crippen MR) is 121 cm³/mol. The first-order valence-electron chi connectivity index (χ1n) is 8.84. The van der Waals surface area contributed by atoms with Crippen molar-refractivity contribution in [3.05, 3.63) is 69.1 Å². The van der Waals surface area contributed by atoms with Crippen LogP contribution in [0.5, 0.6) is 0 Å². The zero-order valence-corrected chi connectivity index (χ0v) is 18.6. The summed E-state index contributed by atoms with van der Waals surface area (Å²) in [5.74, 6) is 1.28. The van der Waals surface area contributed by atoms with Crippen LogP contribution in [-0.2, 0) is 17.6 Å². The van der Waals surface area contributed by atoms with Crippen molar-refractivity contribution in [1.82, 2.24) is 10.3 Å². The molecular formula is C20H20IN3O4S. The molecule has 0 spiro atoms. The Labute approximate surface area is 184 Å². The number of amides is 1. The molecule has 3 rings (SSSR count). The lowest BCUT2D eigenvalue weighted by Crippen LogP contribution is -2.20. The summed E-state index contributed by atoms with van der Waals surface area (Å²) in [6, 6.07) is 14.6. The summed E-state index contributed by atoms with van der Waals surface area (Å²) in [5, 5.41) is 5.95. The molecule has 0 fully saturated rings. The van der Waals surface area contributed by atoms with Gasteiger partial charge in [0.05, 0.1) is 5.75 Å². The zero-order chi connectivity index (χ0) is 20.8. The van der Waals surface area contributed by atoms with E-state index in [0.29, 0.717) is 30.2 Å². The number of hydrogen-bond donors (Lipinski definition) is 3. The Kier molecular flexibility index (Phi) is 7.53. The maximum Gasteiger partial charge on any atom is 0.255 e. The van der Waals surface area contributed by atoms with Gasteiger partial charge in [0.1, 0.15) is 9.46 Å². The van der Waals surface area contributed by atoms with Gasteiger partial charge in [0, 0.05) is 29.9 Å². The van der Waals surface area contributed by atoms with Gasteiger partial charge in [-0.25, -0.2) is 9.19 Å². The van der Waals surface area contributed by atoms with E-state index in [1.807, 2.05) is 31.2 Å². The summed E-state index contributed by atoms with van der Waals surface area (Å²) < 4.78 is 25.9. The van der Waals surface area contributed by atoms with Crippen molar-refractivity contribution in [1.29, 1.82) is 0 Å². The molecule has 0 aliphatic heterocycles. The topological polar surface area (TPSA) is 104 Å². The highest BCUT2D eigenvalue weighted by Crippen LogP contribution is 2.24. The molecule has 0 aliphatic carbocycles. The molecule has 0 radical (unpaired) electrons. The van der Waals surface area contributed by atoms with E-state index in [1.165, 1.54) is 0 Å². The number of anilines is 1. The van der Waals surface area contributed by atoms with Crippen LogP contribution in [0.1, 0.15) is 21.7 Å². The normalized spacial score (nSPS) is 12.0. The monoisotopic (exact) mass is 525 g/mol. The number of aromatic nitrogens is 1. The van der Waals surface area contributed by atoms with Crippen LogP contribution in [0.3, 0.4) is 0 Å². The van der Waals surface area contributed by atoms with E-state index in [2.05, 4.69) is 38.2 Å². The highest BCUT2D eigenvalue weighted by Gasteiger charge is 2.10. The van der Waals surface area contributed by atoms with Gasteiger partial charge in [0.15, 0.2) is 11.1 Å². The van der Waals surface area contributed by atoms with Crippen LogP contribution < -0.4 is 10.6 Å². The average Bonchev–Trinajstić information content (AvgIpc) is 3.04. The summed E-state index contributed by atoms with van der Waals surface area (Å²) in [4.78, 5) is 16.9. The Balaban J connectivity index is 1.61. The van der Waals surface area contributed by atoms with E-state index in [-0.39, 0.29) is 11.7 Å². The number of nitrogens with one attached hydrogen (secondary N) is 2. The number of carbonyl (C=O) groups is 1. The first-order chi connectivity index (χ1) is 13.9. The molecule has 152 valence electrons. The molecule has 9 heteroatoms. The van der Waals surface area contributed by atoms with Gasteiger partial charge < -0.3 is 19.6 Å². The van der Waals surface area contributed by atoms with E-state index in [0.717, 1.165) is 20.6 Å².